The van der Waals surface area contributed by atoms with E-state index >= 15 is 0 Å². The van der Waals surface area contributed by atoms with Crippen molar-refractivity contribution in [2.24, 2.45) is 0 Å². The van der Waals surface area contributed by atoms with Gasteiger partial charge < -0.3 is 14.6 Å². The van der Waals surface area contributed by atoms with Gasteiger partial charge in [0.15, 0.2) is 11.6 Å². The molecule has 0 fully saturated rings. The first-order valence-corrected chi connectivity index (χ1v) is 9.78. The molecular formula is C21H20F2N6O3. The monoisotopic (exact) mass is 442 g/mol. The Hall–Kier alpha value is -3.86. The molecule has 4 aromatic rings. The SMILES string of the molecule is CN(C)CCCOC(=O)Nc1nc2ccc(-c3n[nH]c(=O)c4cc(F)c(F)cc34)cc2[nH]1. The molecule has 0 unspecified atom stereocenters. The minimum absolute atomic E-state index is 0.0158. The quantitative estimate of drug-likeness (QED) is 0.395. The number of carbonyl (C=O) groups excluding carboxylic acids is 1. The van der Waals surface area contributed by atoms with Crippen LogP contribution in [0.5, 0.6) is 0 Å². The summed E-state index contributed by atoms with van der Waals surface area (Å²) < 4.78 is 32.5. The molecule has 0 aliphatic carbocycles. The van der Waals surface area contributed by atoms with Crippen LogP contribution in [0.4, 0.5) is 19.5 Å². The molecule has 0 spiro atoms. The molecule has 4 rings (SSSR count). The first-order chi connectivity index (χ1) is 15.3. The average Bonchev–Trinajstić information content (AvgIpc) is 3.14. The van der Waals surface area contributed by atoms with Gasteiger partial charge >= 0.3 is 6.09 Å². The molecule has 2 aromatic carbocycles. The number of nitrogens with zero attached hydrogens (tertiary/aromatic N) is 3. The maximum Gasteiger partial charge on any atom is 0.413 e. The van der Waals surface area contributed by atoms with E-state index in [1.54, 1.807) is 18.2 Å². The zero-order valence-corrected chi connectivity index (χ0v) is 17.3. The van der Waals surface area contributed by atoms with Crippen LogP contribution in [0.2, 0.25) is 0 Å². The summed E-state index contributed by atoms with van der Waals surface area (Å²) in [6, 6.07) is 6.81. The number of ether oxygens (including phenoxy) is 1. The van der Waals surface area contributed by atoms with Crippen LogP contribution in [0.25, 0.3) is 33.1 Å². The number of H-pyrrole nitrogens is 2. The average molecular weight is 442 g/mol. The minimum atomic E-state index is -1.12. The fourth-order valence-corrected chi connectivity index (χ4v) is 3.27. The molecule has 3 N–H and O–H groups in total. The van der Waals surface area contributed by atoms with Crippen LogP contribution in [0, 0.1) is 11.6 Å². The summed E-state index contributed by atoms with van der Waals surface area (Å²) in [6.07, 6.45) is 0.0722. The molecule has 32 heavy (non-hydrogen) atoms. The Morgan fingerprint density at radius 2 is 1.91 bits per heavy atom. The normalized spacial score (nSPS) is 11.4. The molecule has 1 amide bonds. The van der Waals surface area contributed by atoms with Crippen molar-refractivity contribution in [2.45, 2.75) is 6.42 Å². The third kappa shape index (κ3) is 4.42. The molecule has 0 atom stereocenters. The number of imidazole rings is 1. The highest BCUT2D eigenvalue weighted by molar-refractivity contribution is 5.96. The summed E-state index contributed by atoms with van der Waals surface area (Å²) >= 11 is 0. The number of halogens is 2. The molecule has 0 saturated carbocycles. The van der Waals surface area contributed by atoms with Gasteiger partial charge in [0.1, 0.15) is 0 Å². The van der Waals surface area contributed by atoms with Crippen molar-refractivity contribution >= 4 is 33.8 Å². The molecule has 0 aliphatic rings. The maximum absolute atomic E-state index is 13.8. The van der Waals surface area contributed by atoms with Gasteiger partial charge in [-0.05, 0) is 44.8 Å². The lowest BCUT2D eigenvalue weighted by atomic mass is 10.0. The molecule has 0 radical (unpaired) electrons. The van der Waals surface area contributed by atoms with Crippen molar-refractivity contribution in [1.29, 1.82) is 0 Å². The minimum Gasteiger partial charge on any atom is -0.449 e. The van der Waals surface area contributed by atoms with Gasteiger partial charge in [0.2, 0.25) is 5.95 Å². The number of benzene rings is 2. The Bertz CT molecular complexity index is 1370. The maximum atomic E-state index is 13.8. The van der Waals surface area contributed by atoms with E-state index in [0.29, 0.717) is 23.0 Å². The highest BCUT2D eigenvalue weighted by Gasteiger charge is 2.15. The van der Waals surface area contributed by atoms with Crippen molar-refractivity contribution in [3.05, 3.63) is 52.3 Å². The Kier molecular flexibility index (Phi) is 5.82. The number of aromatic nitrogens is 4. The van der Waals surface area contributed by atoms with Crippen LogP contribution < -0.4 is 10.9 Å². The molecular weight excluding hydrogens is 422 g/mol. The summed E-state index contributed by atoms with van der Waals surface area (Å²) in [4.78, 5) is 33.2. The van der Waals surface area contributed by atoms with Crippen molar-refractivity contribution in [1.82, 2.24) is 25.1 Å². The fourth-order valence-electron chi connectivity index (χ4n) is 3.27. The van der Waals surface area contributed by atoms with Crippen LogP contribution in [-0.4, -0.2) is 58.4 Å². The Morgan fingerprint density at radius 3 is 2.66 bits per heavy atom. The third-order valence-electron chi connectivity index (χ3n) is 4.79. The van der Waals surface area contributed by atoms with Gasteiger partial charge in [0.25, 0.3) is 5.56 Å². The molecule has 11 heteroatoms. The number of hydrogen-bond donors (Lipinski definition) is 3. The first-order valence-electron chi connectivity index (χ1n) is 9.78. The second kappa shape index (κ2) is 8.71. The van der Waals surface area contributed by atoms with E-state index in [0.717, 1.165) is 18.7 Å². The van der Waals surface area contributed by atoms with Crippen LogP contribution in [0.3, 0.4) is 0 Å². The predicted molar refractivity (Wildman–Crippen MR) is 116 cm³/mol. The second-order valence-corrected chi connectivity index (χ2v) is 7.45. The number of carbonyl (C=O) groups is 1. The Morgan fingerprint density at radius 1 is 1.16 bits per heavy atom. The predicted octanol–water partition coefficient (Wildman–Crippen LogP) is 3.24. The van der Waals surface area contributed by atoms with E-state index in [4.69, 9.17) is 4.74 Å². The Balaban J connectivity index is 1.59. The molecule has 166 valence electrons. The zero-order chi connectivity index (χ0) is 22.8. The van der Waals surface area contributed by atoms with Gasteiger partial charge in [-0.1, -0.05) is 6.07 Å². The Labute approximate surface area is 180 Å². The number of amides is 1. The van der Waals surface area contributed by atoms with Gasteiger partial charge in [-0.15, -0.1) is 0 Å². The summed E-state index contributed by atoms with van der Waals surface area (Å²) in [7, 11) is 3.87. The van der Waals surface area contributed by atoms with E-state index in [9.17, 15) is 18.4 Å². The third-order valence-corrected chi connectivity index (χ3v) is 4.79. The fraction of sp³-hybridized carbons (Fsp3) is 0.238. The standard InChI is InChI=1S/C21H20F2N6O3/c1-29(2)6-3-7-32-21(31)26-20-24-16-5-4-11(8-17(16)25-20)18-12-9-14(22)15(23)10-13(12)19(30)28-27-18/h4-5,8-10H,3,6-7H2,1-2H3,(H,28,30)(H2,24,25,26,31). The molecule has 0 aliphatic heterocycles. The van der Waals surface area contributed by atoms with Gasteiger partial charge in [0, 0.05) is 17.5 Å². The lowest BCUT2D eigenvalue weighted by Gasteiger charge is -2.09. The van der Waals surface area contributed by atoms with Gasteiger partial charge in [-0.3, -0.25) is 10.1 Å². The van der Waals surface area contributed by atoms with Crippen molar-refractivity contribution in [2.75, 3.05) is 32.6 Å². The summed E-state index contributed by atoms with van der Waals surface area (Å²) in [5.41, 5.74) is 1.30. The number of anilines is 1. The largest absolute Gasteiger partial charge is 0.449 e. The lowest BCUT2D eigenvalue weighted by molar-refractivity contribution is 0.156. The summed E-state index contributed by atoms with van der Waals surface area (Å²) in [5.74, 6) is -2.00. The molecule has 2 aromatic heterocycles. The van der Waals surface area contributed by atoms with Crippen molar-refractivity contribution in [3.63, 3.8) is 0 Å². The number of hydrogen-bond acceptors (Lipinski definition) is 6. The second-order valence-electron chi connectivity index (χ2n) is 7.45. The molecule has 9 nitrogen and oxygen atoms in total. The topological polar surface area (TPSA) is 116 Å². The highest BCUT2D eigenvalue weighted by atomic mass is 19.2. The number of nitrogens with one attached hydrogen (secondary N) is 3. The van der Waals surface area contributed by atoms with Crippen molar-refractivity contribution < 1.29 is 18.3 Å². The van der Waals surface area contributed by atoms with Crippen LogP contribution >= 0.6 is 0 Å². The van der Waals surface area contributed by atoms with E-state index in [1.165, 1.54) is 0 Å². The zero-order valence-electron chi connectivity index (χ0n) is 17.3. The molecule has 0 saturated heterocycles. The summed E-state index contributed by atoms with van der Waals surface area (Å²) in [6.45, 7) is 1.07. The van der Waals surface area contributed by atoms with Crippen LogP contribution in [0.1, 0.15) is 6.42 Å². The van der Waals surface area contributed by atoms with E-state index < -0.39 is 23.3 Å². The lowest BCUT2D eigenvalue weighted by Crippen LogP contribution is -2.19. The smallest absolute Gasteiger partial charge is 0.413 e. The highest BCUT2D eigenvalue weighted by Crippen LogP contribution is 2.28. The number of aromatic amines is 2. The molecule has 0 bridgehead atoms. The van der Waals surface area contributed by atoms with E-state index in [2.05, 4.69) is 25.5 Å². The van der Waals surface area contributed by atoms with Gasteiger partial charge in [-0.2, -0.15) is 5.10 Å². The van der Waals surface area contributed by atoms with E-state index in [1.807, 2.05) is 19.0 Å². The van der Waals surface area contributed by atoms with Gasteiger partial charge in [0.05, 0.1) is 28.7 Å². The number of rotatable bonds is 6. The van der Waals surface area contributed by atoms with E-state index in [-0.39, 0.29) is 29.0 Å². The summed E-state index contributed by atoms with van der Waals surface area (Å²) in [5, 5.41) is 9.00. The van der Waals surface area contributed by atoms with Gasteiger partial charge in [-0.25, -0.2) is 23.7 Å². The van der Waals surface area contributed by atoms with Crippen molar-refractivity contribution in [3.8, 4) is 11.3 Å². The van der Waals surface area contributed by atoms with Crippen LogP contribution in [-0.2, 0) is 4.74 Å². The number of fused-ring (bicyclic) bond motifs is 2. The van der Waals surface area contributed by atoms with Crippen LogP contribution in [0.15, 0.2) is 35.1 Å². The molecule has 2 heterocycles. The first kappa shape index (κ1) is 21.4.